The van der Waals surface area contributed by atoms with E-state index in [1.807, 2.05) is 6.92 Å². The summed E-state index contributed by atoms with van der Waals surface area (Å²) in [6.07, 6.45) is 5.11. The van der Waals surface area contributed by atoms with E-state index in [9.17, 15) is 4.79 Å². The van der Waals surface area contributed by atoms with E-state index in [0.29, 0.717) is 10.6 Å². The Bertz CT molecular complexity index is 387. The van der Waals surface area contributed by atoms with E-state index in [-0.39, 0.29) is 0 Å². The third-order valence-corrected chi connectivity index (χ3v) is 2.86. The van der Waals surface area contributed by atoms with Crippen molar-refractivity contribution >= 4 is 29.3 Å². The molecule has 0 aromatic rings. The molecule has 1 aliphatic carbocycles. The third kappa shape index (κ3) is 3.31. The molecule has 0 fully saturated rings. The van der Waals surface area contributed by atoms with Crippen molar-refractivity contribution in [2.24, 2.45) is 0 Å². The standard InChI is InChI=1S/C11H11ClO2S/c1-3-15-10-7-5-8(12)4-6-9(10)11(13)14-2/h4-5,7H,3H2,1-2H3. The highest BCUT2D eigenvalue weighted by Gasteiger charge is 2.15. The monoisotopic (exact) mass is 242 g/mol. The van der Waals surface area contributed by atoms with Crippen molar-refractivity contribution in [3.8, 4) is 0 Å². The maximum Gasteiger partial charge on any atom is 0.346 e. The topological polar surface area (TPSA) is 26.3 Å². The van der Waals surface area contributed by atoms with E-state index in [1.54, 1.807) is 30.0 Å². The van der Waals surface area contributed by atoms with E-state index >= 15 is 0 Å². The Morgan fingerprint density at radius 2 is 2.33 bits per heavy atom. The third-order valence-electron chi connectivity index (χ3n) is 1.68. The molecule has 4 heteroatoms. The lowest BCUT2D eigenvalue weighted by Crippen LogP contribution is -2.05. The molecule has 0 N–H and O–H groups in total. The number of rotatable bonds is 3. The summed E-state index contributed by atoms with van der Waals surface area (Å²) in [6, 6.07) is 0. The second-order valence-corrected chi connectivity index (χ2v) is 4.41. The molecule has 0 aromatic heterocycles. The lowest BCUT2D eigenvalue weighted by atomic mass is 10.2. The number of allylic oxidation sites excluding steroid dienone is 3. The number of hydrogen-bond acceptors (Lipinski definition) is 3. The van der Waals surface area contributed by atoms with Gasteiger partial charge in [-0.1, -0.05) is 18.5 Å². The molecule has 0 saturated heterocycles. The molecule has 0 atom stereocenters. The van der Waals surface area contributed by atoms with Crippen molar-refractivity contribution in [3.05, 3.63) is 39.5 Å². The van der Waals surface area contributed by atoms with Crippen molar-refractivity contribution in [2.45, 2.75) is 6.92 Å². The van der Waals surface area contributed by atoms with E-state index in [2.05, 4.69) is 10.5 Å². The van der Waals surface area contributed by atoms with Crippen LogP contribution in [0, 0.1) is 0 Å². The molecule has 0 amide bonds. The van der Waals surface area contributed by atoms with Crippen molar-refractivity contribution in [2.75, 3.05) is 12.9 Å². The summed E-state index contributed by atoms with van der Waals surface area (Å²) in [5.74, 6) is 0.484. The van der Waals surface area contributed by atoms with Crippen LogP contribution in [0.2, 0.25) is 0 Å². The minimum absolute atomic E-state index is 0.391. The lowest BCUT2D eigenvalue weighted by Gasteiger charge is -2.05. The molecule has 0 heterocycles. The zero-order chi connectivity index (χ0) is 11.3. The molecule has 15 heavy (non-hydrogen) atoms. The Morgan fingerprint density at radius 3 is 2.93 bits per heavy atom. The second kappa shape index (κ2) is 5.86. The minimum atomic E-state index is -0.391. The number of esters is 1. The van der Waals surface area contributed by atoms with Crippen LogP contribution < -0.4 is 0 Å². The smallest absolute Gasteiger partial charge is 0.346 e. The van der Waals surface area contributed by atoms with Gasteiger partial charge < -0.3 is 4.74 Å². The first-order valence-corrected chi connectivity index (χ1v) is 5.81. The largest absolute Gasteiger partial charge is 0.465 e. The van der Waals surface area contributed by atoms with Crippen molar-refractivity contribution in [3.63, 3.8) is 0 Å². The van der Waals surface area contributed by atoms with Crippen LogP contribution in [-0.4, -0.2) is 18.8 Å². The van der Waals surface area contributed by atoms with Crippen LogP contribution in [0.3, 0.4) is 0 Å². The Balaban J connectivity index is 3.10. The Morgan fingerprint density at radius 1 is 1.60 bits per heavy atom. The van der Waals surface area contributed by atoms with Gasteiger partial charge in [-0.15, -0.1) is 17.5 Å². The molecule has 0 spiro atoms. The number of ether oxygens (including phenoxy) is 1. The van der Waals surface area contributed by atoms with Crippen molar-refractivity contribution in [1.29, 1.82) is 0 Å². The SMILES string of the molecule is CCSC1=CC=C(Cl)C=C=C1C(=O)OC. The fourth-order valence-corrected chi connectivity index (χ4v) is 1.92. The minimum Gasteiger partial charge on any atom is -0.465 e. The highest BCUT2D eigenvalue weighted by atomic mass is 35.5. The van der Waals surface area contributed by atoms with Gasteiger partial charge >= 0.3 is 5.97 Å². The fourth-order valence-electron chi connectivity index (χ4n) is 1.04. The number of thioether (sulfide) groups is 1. The van der Waals surface area contributed by atoms with Crippen LogP contribution in [-0.2, 0) is 9.53 Å². The van der Waals surface area contributed by atoms with E-state index in [4.69, 9.17) is 11.6 Å². The van der Waals surface area contributed by atoms with Crippen LogP contribution in [0.15, 0.2) is 39.5 Å². The quantitative estimate of drug-likeness (QED) is 0.562. The summed E-state index contributed by atoms with van der Waals surface area (Å²) in [7, 11) is 1.35. The van der Waals surface area contributed by atoms with Crippen LogP contribution in [0.5, 0.6) is 0 Å². The Labute approximate surface area is 98.3 Å². The molecule has 2 nitrogen and oxygen atoms in total. The zero-order valence-corrected chi connectivity index (χ0v) is 10.1. The average Bonchev–Trinajstić information content (AvgIpc) is 2.41. The molecule has 0 aromatic carbocycles. The molecule has 1 rings (SSSR count). The molecule has 0 radical (unpaired) electrons. The fraction of sp³-hybridized carbons (Fsp3) is 0.273. The molecule has 1 aliphatic rings. The maximum absolute atomic E-state index is 11.4. The van der Waals surface area contributed by atoms with Gasteiger partial charge in [0.15, 0.2) is 0 Å². The number of hydrogen-bond donors (Lipinski definition) is 0. The van der Waals surface area contributed by atoms with E-state index < -0.39 is 5.97 Å². The molecule has 0 saturated carbocycles. The molecule has 0 bridgehead atoms. The first-order chi connectivity index (χ1) is 7.19. The summed E-state index contributed by atoms with van der Waals surface area (Å²) in [5, 5.41) is 0.545. The van der Waals surface area contributed by atoms with Gasteiger partial charge in [-0.2, -0.15) is 0 Å². The predicted molar refractivity (Wildman–Crippen MR) is 63.8 cm³/mol. The van der Waals surface area contributed by atoms with Crippen molar-refractivity contribution in [1.82, 2.24) is 0 Å². The van der Waals surface area contributed by atoms with Gasteiger partial charge in [0.05, 0.1) is 7.11 Å². The highest BCUT2D eigenvalue weighted by molar-refractivity contribution is 8.03. The summed E-state index contributed by atoms with van der Waals surface area (Å²) >= 11 is 7.38. The van der Waals surface area contributed by atoms with Gasteiger partial charge in [-0.3, -0.25) is 0 Å². The Kier molecular flexibility index (Phi) is 4.76. The summed E-state index contributed by atoms with van der Waals surface area (Å²) in [5.41, 5.74) is 3.27. The summed E-state index contributed by atoms with van der Waals surface area (Å²) in [4.78, 5) is 12.3. The van der Waals surface area contributed by atoms with Gasteiger partial charge in [0.25, 0.3) is 0 Å². The average molecular weight is 243 g/mol. The first-order valence-electron chi connectivity index (χ1n) is 4.44. The van der Waals surface area contributed by atoms with Crippen LogP contribution in [0.1, 0.15) is 6.92 Å². The number of methoxy groups -OCH3 is 1. The predicted octanol–water partition coefficient (Wildman–Crippen LogP) is 3.01. The van der Waals surface area contributed by atoms with Gasteiger partial charge in [0.2, 0.25) is 0 Å². The normalized spacial score (nSPS) is 15.0. The van der Waals surface area contributed by atoms with Gasteiger partial charge in [0.1, 0.15) is 5.57 Å². The Hall–Kier alpha value is -0.890. The molecular formula is C11H11ClO2S. The van der Waals surface area contributed by atoms with Crippen LogP contribution in [0.25, 0.3) is 0 Å². The van der Waals surface area contributed by atoms with Gasteiger partial charge in [-0.05, 0) is 24.0 Å². The van der Waals surface area contributed by atoms with Crippen molar-refractivity contribution < 1.29 is 9.53 Å². The molecular weight excluding hydrogens is 232 g/mol. The number of carbonyl (C=O) groups is 1. The number of halogens is 1. The molecule has 0 unspecified atom stereocenters. The molecule has 80 valence electrons. The van der Waals surface area contributed by atoms with E-state index in [0.717, 1.165) is 10.7 Å². The van der Waals surface area contributed by atoms with Gasteiger partial charge in [-0.25, -0.2) is 4.79 Å². The highest BCUT2D eigenvalue weighted by Crippen LogP contribution is 2.26. The zero-order valence-electron chi connectivity index (χ0n) is 8.54. The first kappa shape index (κ1) is 12.2. The summed E-state index contributed by atoms with van der Waals surface area (Å²) in [6.45, 7) is 2.01. The van der Waals surface area contributed by atoms with Crippen LogP contribution in [0.4, 0.5) is 0 Å². The second-order valence-electron chi connectivity index (χ2n) is 2.67. The maximum atomic E-state index is 11.4. The summed E-state index contributed by atoms with van der Waals surface area (Å²) < 4.78 is 4.68. The number of carbonyl (C=O) groups excluding carboxylic acids is 1. The van der Waals surface area contributed by atoms with Crippen LogP contribution >= 0.6 is 23.4 Å². The van der Waals surface area contributed by atoms with Gasteiger partial charge in [0, 0.05) is 9.94 Å². The molecule has 0 aliphatic heterocycles. The van der Waals surface area contributed by atoms with E-state index in [1.165, 1.54) is 7.11 Å². The lowest BCUT2D eigenvalue weighted by molar-refractivity contribution is -0.135.